The molecule has 5 heteroatoms. The minimum Gasteiger partial charge on any atom is -0.351 e. The summed E-state index contributed by atoms with van der Waals surface area (Å²) in [4.78, 5) is 29.0. The molecule has 0 bridgehead atoms. The van der Waals surface area contributed by atoms with Gasteiger partial charge < -0.3 is 10.6 Å². The van der Waals surface area contributed by atoms with E-state index >= 15 is 0 Å². The van der Waals surface area contributed by atoms with Crippen LogP contribution in [0.2, 0.25) is 0 Å². The normalized spacial score (nSPS) is 11.7. The maximum Gasteiger partial charge on any atom is 0.239 e. The van der Waals surface area contributed by atoms with Gasteiger partial charge in [0.25, 0.3) is 0 Å². The van der Waals surface area contributed by atoms with E-state index in [1.807, 2.05) is 36.4 Å². The Morgan fingerprint density at radius 3 is 2.00 bits per heavy atom. The molecule has 0 unspecified atom stereocenters. The fraction of sp³-hybridized carbons (Fsp3) is 0.381. The summed E-state index contributed by atoms with van der Waals surface area (Å²) in [6, 6.07) is 11.4. The van der Waals surface area contributed by atoms with Crippen LogP contribution in [-0.4, -0.2) is 16.8 Å². The van der Waals surface area contributed by atoms with E-state index in [0.29, 0.717) is 12.2 Å². The van der Waals surface area contributed by atoms with Crippen molar-refractivity contribution in [3.8, 4) is 0 Å². The SMILES string of the molecule is CC(C)(C(=O)NCc1ccncc1)C(=O)Nc1ccc(C(C)(C)C)cc1. The molecular formula is C21H27N3O2. The third kappa shape index (κ3) is 4.91. The second kappa shape index (κ2) is 7.68. The fourth-order valence-corrected chi connectivity index (χ4v) is 2.35. The van der Waals surface area contributed by atoms with E-state index in [1.54, 1.807) is 26.2 Å². The van der Waals surface area contributed by atoms with Gasteiger partial charge in [0.15, 0.2) is 0 Å². The Labute approximate surface area is 155 Å². The van der Waals surface area contributed by atoms with Crippen molar-refractivity contribution >= 4 is 17.5 Å². The molecular weight excluding hydrogens is 326 g/mol. The van der Waals surface area contributed by atoms with Gasteiger partial charge in [-0.25, -0.2) is 0 Å². The molecule has 0 radical (unpaired) electrons. The number of aromatic nitrogens is 1. The van der Waals surface area contributed by atoms with Crippen LogP contribution in [0.1, 0.15) is 45.7 Å². The van der Waals surface area contributed by atoms with Crippen LogP contribution in [0.25, 0.3) is 0 Å². The highest BCUT2D eigenvalue weighted by atomic mass is 16.2. The van der Waals surface area contributed by atoms with Gasteiger partial charge in [-0.2, -0.15) is 0 Å². The molecule has 2 N–H and O–H groups in total. The summed E-state index contributed by atoms with van der Waals surface area (Å²) in [7, 11) is 0. The average molecular weight is 353 g/mol. The molecule has 138 valence electrons. The van der Waals surface area contributed by atoms with Gasteiger partial charge in [0.1, 0.15) is 5.41 Å². The standard InChI is InChI=1S/C21H27N3O2/c1-20(2,3)16-6-8-17(9-7-16)24-19(26)21(4,5)18(25)23-14-15-10-12-22-13-11-15/h6-13H,14H2,1-5H3,(H,23,25)(H,24,26). The minimum atomic E-state index is -1.18. The second-order valence-electron chi connectivity index (χ2n) is 7.94. The molecule has 0 saturated carbocycles. The quantitative estimate of drug-likeness (QED) is 0.806. The molecule has 0 atom stereocenters. The molecule has 0 spiro atoms. The van der Waals surface area contributed by atoms with E-state index in [4.69, 9.17) is 0 Å². The predicted molar refractivity (Wildman–Crippen MR) is 104 cm³/mol. The first kappa shape index (κ1) is 19.6. The number of nitrogens with one attached hydrogen (secondary N) is 2. The number of amides is 2. The molecule has 2 amide bonds. The van der Waals surface area contributed by atoms with Crippen LogP contribution in [0.4, 0.5) is 5.69 Å². The monoisotopic (exact) mass is 353 g/mol. The van der Waals surface area contributed by atoms with E-state index in [-0.39, 0.29) is 17.2 Å². The third-order valence-corrected chi connectivity index (χ3v) is 4.35. The first-order chi connectivity index (χ1) is 12.1. The molecule has 2 rings (SSSR count). The van der Waals surface area contributed by atoms with Crippen LogP contribution < -0.4 is 10.6 Å². The van der Waals surface area contributed by atoms with Crippen molar-refractivity contribution in [1.82, 2.24) is 10.3 Å². The van der Waals surface area contributed by atoms with E-state index in [9.17, 15) is 9.59 Å². The molecule has 0 fully saturated rings. The molecule has 2 aromatic rings. The molecule has 0 aliphatic rings. The fourth-order valence-electron chi connectivity index (χ4n) is 2.35. The van der Waals surface area contributed by atoms with Crippen molar-refractivity contribution in [3.63, 3.8) is 0 Å². The van der Waals surface area contributed by atoms with Crippen LogP contribution in [-0.2, 0) is 21.5 Å². The lowest BCUT2D eigenvalue weighted by atomic mass is 9.87. The lowest BCUT2D eigenvalue weighted by Gasteiger charge is -2.23. The summed E-state index contributed by atoms with van der Waals surface area (Å²) in [5.41, 5.74) is 1.66. The van der Waals surface area contributed by atoms with Gasteiger partial charge in [-0.1, -0.05) is 32.9 Å². The van der Waals surface area contributed by atoms with E-state index < -0.39 is 5.41 Å². The highest BCUT2D eigenvalue weighted by molar-refractivity contribution is 6.09. The zero-order chi connectivity index (χ0) is 19.4. The van der Waals surface area contributed by atoms with Gasteiger partial charge in [0, 0.05) is 24.6 Å². The van der Waals surface area contributed by atoms with Gasteiger partial charge in [-0.15, -0.1) is 0 Å². The Bertz CT molecular complexity index is 760. The number of benzene rings is 1. The Morgan fingerprint density at radius 2 is 1.46 bits per heavy atom. The number of rotatable bonds is 5. The second-order valence-corrected chi connectivity index (χ2v) is 7.94. The number of nitrogens with zero attached hydrogens (tertiary/aromatic N) is 1. The Balaban J connectivity index is 1.99. The number of carbonyl (C=O) groups is 2. The van der Waals surface area contributed by atoms with Gasteiger partial charge in [0.2, 0.25) is 11.8 Å². The van der Waals surface area contributed by atoms with Gasteiger partial charge in [0.05, 0.1) is 0 Å². The Morgan fingerprint density at radius 1 is 0.885 bits per heavy atom. The topological polar surface area (TPSA) is 71.1 Å². The summed E-state index contributed by atoms with van der Waals surface area (Å²) in [5.74, 6) is -0.661. The van der Waals surface area contributed by atoms with Gasteiger partial charge >= 0.3 is 0 Å². The Hall–Kier alpha value is -2.69. The molecule has 0 saturated heterocycles. The molecule has 26 heavy (non-hydrogen) atoms. The van der Waals surface area contributed by atoms with Crippen LogP contribution in [0.3, 0.4) is 0 Å². The van der Waals surface area contributed by atoms with E-state index in [2.05, 4.69) is 36.4 Å². The van der Waals surface area contributed by atoms with Crippen LogP contribution >= 0.6 is 0 Å². The number of hydrogen-bond acceptors (Lipinski definition) is 3. The summed E-state index contributed by atoms with van der Waals surface area (Å²) in [6.45, 7) is 10.0. The predicted octanol–water partition coefficient (Wildman–Crippen LogP) is 3.66. The number of pyridine rings is 1. The van der Waals surface area contributed by atoms with Crippen molar-refractivity contribution in [1.29, 1.82) is 0 Å². The zero-order valence-electron chi connectivity index (χ0n) is 16.1. The average Bonchev–Trinajstić information content (AvgIpc) is 2.60. The van der Waals surface area contributed by atoms with Gasteiger partial charge in [-0.3, -0.25) is 14.6 Å². The smallest absolute Gasteiger partial charge is 0.239 e. The molecule has 0 aliphatic carbocycles. The summed E-state index contributed by atoms with van der Waals surface area (Å²) < 4.78 is 0. The summed E-state index contributed by atoms with van der Waals surface area (Å²) >= 11 is 0. The van der Waals surface area contributed by atoms with Crippen LogP contribution in [0.5, 0.6) is 0 Å². The van der Waals surface area contributed by atoms with Crippen molar-refractivity contribution < 1.29 is 9.59 Å². The minimum absolute atomic E-state index is 0.0503. The third-order valence-electron chi connectivity index (χ3n) is 4.35. The summed E-state index contributed by atoms with van der Waals surface area (Å²) in [5, 5.41) is 5.64. The Kier molecular flexibility index (Phi) is 5.80. The maximum absolute atomic E-state index is 12.6. The van der Waals surface area contributed by atoms with Gasteiger partial charge in [-0.05, 0) is 54.7 Å². The first-order valence-corrected chi connectivity index (χ1v) is 8.70. The molecule has 1 aromatic carbocycles. The van der Waals surface area contributed by atoms with Crippen LogP contribution in [0.15, 0.2) is 48.8 Å². The van der Waals surface area contributed by atoms with Crippen molar-refractivity contribution in [2.24, 2.45) is 5.41 Å². The number of carbonyl (C=O) groups excluding carboxylic acids is 2. The number of hydrogen-bond donors (Lipinski definition) is 2. The maximum atomic E-state index is 12.6. The lowest BCUT2D eigenvalue weighted by Crippen LogP contribution is -2.44. The molecule has 5 nitrogen and oxygen atoms in total. The van der Waals surface area contributed by atoms with Crippen LogP contribution in [0, 0.1) is 5.41 Å². The van der Waals surface area contributed by atoms with Crippen molar-refractivity contribution in [2.75, 3.05) is 5.32 Å². The molecule has 0 aliphatic heterocycles. The highest BCUT2D eigenvalue weighted by Crippen LogP contribution is 2.25. The lowest BCUT2D eigenvalue weighted by molar-refractivity contribution is -0.138. The van der Waals surface area contributed by atoms with Crippen molar-refractivity contribution in [3.05, 3.63) is 59.9 Å². The highest BCUT2D eigenvalue weighted by Gasteiger charge is 2.36. The zero-order valence-corrected chi connectivity index (χ0v) is 16.1. The largest absolute Gasteiger partial charge is 0.351 e. The molecule has 1 aromatic heterocycles. The van der Waals surface area contributed by atoms with E-state index in [1.165, 1.54) is 5.56 Å². The molecule has 1 heterocycles. The van der Waals surface area contributed by atoms with Crippen molar-refractivity contribution in [2.45, 2.75) is 46.6 Å². The van der Waals surface area contributed by atoms with E-state index in [0.717, 1.165) is 5.56 Å². The number of anilines is 1. The summed E-state index contributed by atoms with van der Waals surface area (Å²) in [6.07, 6.45) is 3.33. The first-order valence-electron chi connectivity index (χ1n) is 8.70.